The lowest BCUT2D eigenvalue weighted by atomic mass is 9.81. The first kappa shape index (κ1) is 15.6. The van der Waals surface area contributed by atoms with Crippen LogP contribution in [-0.4, -0.2) is 24.7 Å². The number of carbonyl (C=O) groups excluding carboxylic acids is 1. The number of amides is 1. The van der Waals surface area contributed by atoms with Crippen molar-refractivity contribution in [3.63, 3.8) is 0 Å². The van der Waals surface area contributed by atoms with Crippen molar-refractivity contribution in [1.82, 2.24) is 5.32 Å². The van der Waals surface area contributed by atoms with Crippen LogP contribution in [0.5, 0.6) is 5.75 Å². The van der Waals surface area contributed by atoms with Crippen molar-refractivity contribution >= 4 is 5.91 Å². The van der Waals surface area contributed by atoms with Gasteiger partial charge >= 0.3 is 0 Å². The minimum atomic E-state index is -0.876. The Morgan fingerprint density at radius 1 is 1.26 bits per heavy atom. The zero-order valence-corrected chi connectivity index (χ0v) is 13.2. The molecule has 0 aromatic heterocycles. The minimum Gasteiger partial charge on any atom is -0.497 e. The van der Waals surface area contributed by atoms with Crippen molar-refractivity contribution in [3.05, 3.63) is 65.2 Å². The Bertz CT molecular complexity index is 699. The van der Waals surface area contributed by atoms with Gasteiger partial charge in [-0.25, -0.2) is 0 Å². The quantitative estimate of drug-likeness (QED) is 0.890. The lowest BCUT2D eigenvalue weighted by Gasteiger charge is -2.27. The number of aliphatic hydroxyl groups is 1. The number of fused-ring (bicyclic) bond motifs is 1. The second-order valence-corrected chi connectivity index (χ2v) is 5.93. The van der Waals surface area contributed by atoms with E-state index in [1.807, 2.05) is 48.5 Å². The van der Waals surface area contributed by atoms with Gasteiger partial charge in [0.15, 0.2) is 0 Å². The number of benzene rings is 2. The monoisotopic (exact) mass is 311 g/mol. The number of ether oxygens (including phenoxy) is 1. The zero-order chi connectivity index (χ0) is 16.3. The molecule has 0 radical (unpaired) electrons. The maximum Gasteiger partial charge on any atom is 0.233 e. The van der Waals surface area contributed by atoms with Crippen LogP contribution in [0.2, 0.25) is 0 Å². The van der Waals surface area contributed by atoms with Crippen molar-refractivity contribution in [1.29, 1.82) is 0 Å². The van der Waals surface area contributed by atoms with Gasteiger partial charge in [-0.05, 0) is 41.7 Å². The molecule has 0 bridgehead atoms. The van der Waals surface area contributed by atoms with Crippen LogP contribution in [0, 0.1) is 0 Å². The van der Waals surface area contributed by atoms with Crippen molar-refractivity contribution in [2.45, 2.75) is 24.8 Å². The summed E-state index contributed by atoms with van der Waals surface area (Å²) in [4.78, 5) is 12.8. The standard InChI is InChI=1S/C19H21NO3/c1-23-16-8-7-15-9-10-19(13-21,17(15)11-16)18(22)20-12-14-5-3-2-4-6-14/h2-8,11,21H,9-10,12-13H2,1H3,(H,20,22). The van der Waals surface area contributed by atoms with E-state index in [-0.39, 0.29) is 12.5 Å². The molecule has 1 unspecified atom stereocenters. The van der Waals surface area contributed by atoms with E-state index in [0.29, 0.717) is 18.7 Å². The first-order valence-electron chi connectivity index (χ1n) is 7.80. The third-order valence-electron chi connectivity index (χ3n) is 4.65. The van der Waals surface area contributed by atoms with Gasteiger partial charge in [-0.3, -0.25) is 4.79 Å². The third kappa shape index (κ3) is 2.82. The predicted octanol–water partition coefficient (Wildman–Crippen LogP) is 2.19. The molecule has 2 aromatic carbocycles. The Morgan fingerprint density at radius 3 is 2.74 bits per heavy atom. The van der Waals surface area contributed by atoms with Gasteiger partial charge in [-0.2, -0.15) is 0 Å². The largest absolute Gasteiger partial charge is 0.497 e. The Labute approximate surface area is 136 Å². The molecular weight excluding hydrogens is 290 g/mol. The first-order chi connectivity index (χ1) is 11.2. The van der Waals surface area contributed by atoms with E-state index in [1.165, 1.54) is 0 Å². The highest BCUT2D eigenvalue weighted by molar-refractivity contribution is 5.90. The van der Waals surface area contributed by atoms with E-state index in [2.05, 4.69) is 5.32 Å². The van der Waals surface area contributed by atoms with Crippen LogP contribution >= 0.6 is 0 Å². The summed E-state index contributed by atoms with van der Waals surface area (Å²) in [6.45, 7) is 0.258. The van der Waals surface area contributed by atoms with Gasteiger partial charge in [0.25, 0.3) is 0 Å². The predicted molar refractivity (Wildman–Crippen MR) is 88.4 cm³/mol. The zero-order valence-electron chi connectivity index (χ0n) is 13.2. The lowest BCUT2D eigenvalue weighted by molar-refractivity contribution is -0.128. The molecule has 2 N–H and O–H groups in total. The molecule has 120 valence electrons. The van der Waals surface area contributed by atoms with Gasteiger partial charge in [0.1, 0.15) is 5.75 Å². The normalized spacial score (nSPS) is 19.2. The summed E-state index contributed by atoms with van der Waals surface area (Å²) < 4.78 is 5.27. The van der Waals surface area contributed by atoms with E-state index in [9.17, 15) is 9.90 Å². The third-order valence-corrected chi connectivity index (χ3v) is 4.65. The van der Waals surface area contributed by atoms with Crippen molar-refractivity contribution < 1.29 is 14.6 Å². The Balaban J connectivity index is 1.84. The molecule has 4 heteroatoms. The minimum absolute atomic E-state index is 0.129. The number of methoxy groups -OCH3 is 1. The molecule has 1 amide bonds. The molecule has 0 fully saturated rings. The number of hydrogen-bond donors (Lipinski definition) is 2. The van der Waals surface area contributed by atoms with Crippen LogP contribution in [0.25, 0.3) is 0 Å². The summed E-state index contributed by atoms with van der Waals surface area (Å²) >= 11 is 0. The molecule has 1 aliphatic rings. The molecule has 0 spiro atoms. The molecule has 23 heavy (non-hydrogen) atoms. The highest BCUT2D eigenvalue weighted by Crippen LogP contribution is 2.40. The number of carbonyl (C=O) groups is 1. The number of rotatable bonds is 5. The molecule has 1 aliphatic carbocycles. The van der Waals surface area contributed by atoms with Gasteiger partial charge in [-0.1, -0.05) is 36.4 Å². The van der Waals surface area contributed by atoms with Gasteiger partial charge in [0, 0.05) is 6.54 Å². The van der Waals surface area contributed by atoms with E-state index in [4.69, 9.17) is 4.74 Å². The maximum atomic E-state index is 12.8. The summed E-state index contributed by atoms with van der Waals surface area (Å²) in [5.41, 5.74) is 2.15. The van der Waals surface area contributed by atoms with E-state index in [0.717, 1.165) is 23.1 Å². The number of aryl methyl sites for hydroxylation is 1. The van der Waals surface area contributed by atoms with Gasteiger partial charge in [-0.15, -0.1) is 0 Å². The molecule has 0 heterocycles. The van der Waals surface area contributed by atoms with Crippen molar-refractivity contribution in [2.75, 3.05) is 13.7 Å². The molecule has 0 saturated heterocycles. The summed E-state index contributed by atoms with van der Waals surface area (Å²) in [6, 6.07) is 15.5. The Hall–Kier alpha value is -2.33. The summed E-state index contributed by atoms with van der Waals surface area (Å²) in [6.07, 6.45) is 1.41. The first-order valence-corrected chi connectivity index (χ1v) is 7.80. The highest BCUT2D eigenvalue weighted by Gasteiger charge is 2.45. The van der Waals surface area contributed by atoms with Crippen LogP contribution in [0.3, 0.4) is 0 Å². The molecule has 1 atom stereocenters. The topological polar surface area (TPSA) is 58.6 Å². The van der Waals surface area contributed by atoms with Crippen molar-refractivity contribution in [3.8, 4) is 5.75 Å². The van der Waals surface area contributed by atoms with E-state index < -0.39 is 5.41 Å². The Morgan fingerprint density at radius 2 is 2.04 bits per heavy atom. The van der Waals surface area contributed by atoms with Gasteiger partial charge in [0.2, 0.25) is 5.91 Å². The molecular formula is C19H21NO3. The van der Waals surface area contributed by atoms with Gasteiger partial charge < -0.3 is 15.2 Å². The average molecular weight is 311 g/mol. The van der Waals surface area contributed by atoms with Crippen LogP contribution in [-0.2, 0) is 23.2 Å². The second-order valence-electron chi connectivity index (χ2n) is 5.93. The summed E-state index contributed by atoms with van der Waals surface area (Å²) in [5.74, 6) is 0.579. The lowest BCUT2D eigenvalue weighted by Crippen LogP contribution is -2.45. The number of hydrogen-bond acceptors (Lipinski definition) is 3. The fraction of sp³-hybridized carbons (Fsp3) is 0.316. The maximum absolute atomic E-state index is 12.8. The fourth-order valence-electron chi connectivity index (χ4n) is 3.25. The smallest absolute Gasteiger partial charge is 0.233 e. The molecule has 0 saturated carbocycles. The van der Waals surface area contributed by atoms with Crippen LogP contribution < -0.4 is 10.1 Å². The van der Waals surface area contributed by atoms with Crippen molar-refractivity contribution in [2.24, 2.45) is 0 Å². The van der Waals surface area contributed by atoms with Crippen LogP contribution in [0.1, 0.15) is 23.1 Å². The molecule has 3 rings (SSSR count). The summed E-state index contributed by atoms with van der Waals surface area (Å²) in [5, 5.41) is 13.0. The summed E-state index contributed by atoms with van der Waals surface area (Å²) in [7, 11) is 1.60. The number of aliphatic hydroxyl groups excluding tert-OH is 1. The van der Waals surface area contributed by atoms with E-state index >= 15 is 0 Å². The Kier molecular flexibility index (Phi) is 4.35. The second kappa shape index (κ2) is 6.42. The van der Waals surface area contributed by atoms with Crippen LogP contribution in [0.15, 0.2) is 48.5 Å². The SMILES string of the molecule is COc1ccc2c(c1)C(CO)(C(=O)NCc1ccccc1)CC2. The molecule has 0 aliphatic heterocycles. The average Bonchev–Trinajstić information content (AvgIpc) is 2.99. The van der Waals surface area contributed by atoms with E-state index in [1.54, 1.807) is 7.11 Å². The highest BCUT2D eigenvalue weighted by atomic mass is 16.5. The van der Waals surface area contributed by atoms with Gasteiger partial charge in [0.05, 0.1) is 19.1 Å². The molecule has 2 aromatic rings. The number of nitrogens with one attached hydrogen (secondary N) is 1. The molecule has 4 nitrogen and oxygen atoms in total. The fourth-order valence-corrected chi connectivity index (χ4v) is 3.25. The van der Waals surface area contributed by atoms with Crippen LogP contribution in [0.4, 0.5) is 0 Å².